The van der Waals surface area contributed by atoms with Crippen LogP contribution in [0.4, 0.5) is 0 Å². The molecule has 0 nitrogen and oxygen atoms in total. The van der Waals surface area contributed by atoms with Crippen LogP contribution in [0.1, 0.15) is 22.2 Å². The summed E-state index contributed by atoms with van der Waals surface area (Å²) in [6.45, 7) is 5.07. The van der Waals surface area contributed by atoms with E-state index in [4.69, 9.17) is 0 Å². The monoisotopic (exact) mass is 364 g/mol. The highest BCUT2D eigenvalue weighted by atomic mass is 28.3. The van der Waals surface area contributed by atoms with Crippen molar-refractivity contribution in [2.24, 2.45) is 0 Å². The van der Waals surface area contributed by atoms with Gasteiger partial charge in [-0.05, 0) is 44.3 Å². The number of hydrogen-bond donors (Lipinski definition) is 0. The van der Waals surface area contributed by atoms with Crippen molar-refractivity contribution in [2.45, 2.75) is 24.7 Å². The lowest BCUT2D eigenvalue weighted by atomic mass is 9.96. The molecule has 1 atom stereocenters. The zero-order valence-electron chi connectivity index (χ0n) is 15.9. The third kappa shape index (κ3) is 2.74. The summed E-state index contributed by atoms with van der Waals surface area (Å²) in [5, 5.41) is 5.45. The van der Waals surface area contributed by atoms with Crippen LogP contribution in [-0.2, 0) is 6.04 Å². The highest BCUT2D eigenvalue weighted by molar-refractivity contribution is 6.79. The standard InChI is InChI=1S/C26H24Si/c1-27(2,18-19-8-4-3-5-9-19)26-17-16-24-23-13-12-20-10-6-7-11-21(20)22(23)14-15-25(24)26/h3-17,26H,18H2,1-2H3. The summed E-state index contributed by atoms with van der Waals surface area (Å²) in [6.07, 6.45) is 4.87. The van der Waals surface area contributed by atoms with Crippen LogP contribution in [0.15, 0.2) is 84.9 Å². The first-order valence-electron chi connectivity index (χ1n) is 9.80. The second-order valence-electron chi connectivity index (χ2n) is 8.44. The van der Waals surface area contributed by atoms with Gasteiger partial charge in [-0.25, -0.2) is 0 Å². The van der Waals surface area contributed by atoms with Crippen LogP contribution in [0.5, 0.6) is 0 Å². The van der Waals surface area contributed by atoms with Crippen molar-refractivity contribution >= 4 is 35.7 Å². The van der Waals surface area contributed by atoms with E-state index >= 15 is 0 Å². The zero-order valence-corrected chi connectivity index (χ0v) is 16.9. The molecule has 1 unspecified atom stereocenters. The number of benzene rings is 4. The fraction of sp³-hybridized carbons (Fsp3) is 0.154. The van der Waals surface area contributed by atoms with Crippen molar-refractivity contribution in [3.63, 3.8) is 0 Å². The molecule has 0 saturated carbocycles. The van der Waals surface area contributed by atoms with Gasteiger partial charge >= 0.3 is 0 Å². The third-order valence-corrected chi connectivity index (χ3v) is 9.64. The summed E-state index contributed by atoms with van der Waals surface area (Å²) in [6, 6.07) is 30.3. The summed E-state index contributed by atoms with van der Waals surface area (Å²) < 4.78 is 0. The Bertz CT molecular complexity index is 1170. The zero-order chi connectivity index (χ0) is 18.4. The summed E-state index contributed by atoms with van der Waals surface area (Å²) in [5.74, 6) is 0. The van der Waals surface area contributed by atoms with Crippen molar-refractivity contribution in [1.82, 2.24) is 0 Å². The van der Waals surface area contributed by atoms with Crippen molar-refractivity contribution in [3.05, 3.63) is 102 Å². The molecule has 0 bridgehead atoms. The maximum atomic E-state index is 2.54. The lowest BCUT2D eigenvalue weighted by molar-refractivity contribution is 1.11. The molecule has 1 heteroatoms. The molecule has 4 aromatic carbocycles. The van der Waals surface area contributed by atoms with E-state index in [-0.39, 0.29) is 0 Å². The molecule has 0 heterocycles. The predicted molar refractivity (Wildman–Crippen MR) is 121 cm³/mol. The first kappa shape index (κ1) is 16.5. The van der Waals surface area contributed by atoms with E-state index in [1.807, 2.05) is 0 Å². The predicted octanol–water partition coefficient (Wildman–Crippen LogP) is 7.13. The van der Waals surface area contributed by atoms with Crippen LogP contribution in [0.2, 0.25) is 13.1 Å². The number of allylic oxidation sites excluding steroid dienone is 1. The fourth-order valence-corrected chi connectivity index (χ4v) is 8.01. The van der Waals surface area contributed by atoms with Crippen molar-refractivity contribution < 1.29 is 0 Å². The minimum Gasteiger partial charge on any atom is -0.0791 e. The van der Waals surface area contributed by atoms with Gasteiger partial charge in [0, 0.05) is 0 Å². The molecule has 1 aliphatic rings. The third-order valence-electron chi connectivity index (χ3n) is 6.14. The molecule has 4 aromatic rings. The first-order valence-corrected chi connectivity index (χ1v) is 13.1. The molecule has 0 spiro atoms. The number of fused-ring (bicyclic) bond motifs is 5. The normalized spacial score (nSPS) is 16.1. The van der Waals surface area contributed by atoms with Gasteiger partial charge in [-0.1, -0.05) is 110 Å². The van der Waals surface area contributed by atoms with E-state index in [9.17, 15) is 0 Å². The SMILES string of the molecule is C[Si](C)(Cc1ccccc1)C1C=Cc2c1ccc1c2ccc2ccccc21. The Morgan fingerprint density at radius 2 is 1.44 bits per heavy atom. The largest absolute Gasteiger partial charge is 0.0791 e. The van der Waals surface area contributed by atoms with Crippen LogP contribution >= 0.6 is 0 Å². The van der Waals surface area contributed by atoms with E-state index in [2.05, 4.69) is 104 Å². The fourth-order valence-electron chi connectivity index (χ4n) is 4.80. The maximum absolute atomic E-state index is 2.54. The maximum Gasteiger partial charge on any atom is 0.0639 e. The highest BCUT2D eigenvalue weighted by Crippen LogP contribution is 2.42. The number of rotatable bonds is 3. The van der Waals surface area contributed by atoms with Crippen LogP contribution in [-0.4, -0.2) is 8.07 Å². The van der Waals surface area contributed by atoms with E-state index in [1.54, 1.807) is 0 Å². The van der Waals surface area contributed by atoms with Gasteiger partial charge < -0.3 is 0 Å². The molecule has 27 heavy (non-hydrogen) atoms. The summed E-state index contributed by atoms with van der Waals surface area (Å²) in [7, 11) is -1.49. The van der Waals surface area contributed by atoms with E-state index in [1.165, 1.54) is 44.3 Å². The smallest absolute Gasteiger partial charge is 0.0639 e. The molecule has 0 aromatic heterocycles. The molecular weight excluding hydrogens is 340 g/mol. The molecule has 0 N–H and O–H groups in total. The Morgan fingerprint density at radius 3 is 2.30 bits per heavy atom. The Kier molecular flexibility index (Phi) is 3.80. The van der Waals surface area contributed by atoms with Gasteiger partial charge in [-0.3, -0.25) is 0 Å². The van der Waals surface area contributed by atoms with E-state index in [0.717, 1.165) is 0 Å². The van der Waals surface area contributed by atoms with Gasteiger partial charge in [-0.15, -0.1) is 0 Å². The topological polar surface area (TPSA) is 0 Å². The molecule has 0 saturated heterocycles. The highest BCUT2D eigenvalue weighted by Gasteiger charge is 2.35. The van der Waals surface area contributed by atoms with Crippen LogP contribution in [0.3, 0.4) is 0 Å². The summed E-state index contributed by atoms with van der Waals surface area (Å²) >= 11 is 0. The molecular formula is C26H24Si. The summed E-state index contributed by atoms with van der Waals surface area (Å²) in [5.41, 5.74) is 5.04. The lowest BCUT2D eigenvalue weighted by Gasteiger charge is -2.30. The summed E-state index contributed by atoms with van der Waals surface area (Å²) in [4.78, 5) is 0. The van der Waals surface area contributed by atoms with E-state index in [0.29, 0.717) is 5.54 Å². The number of hydrogen-bond acceptors (Lipinski definition) is 0. The lowest BCUT2D eigenvalue weighted by Crippen LogP contribution is -2.36. The Balaban J connectivity index is 1.60. The Morgan fingerprint density at radius 1 is 0.704 bits per heavy atom. The minimum atomic E-state index is -1.49. The molecule has 0 amide bonds. The Hall–Kier alpha value is -2.64. The average molecular weight is 365 g/mol. The minimum absolute atomic E-state index is 0.587. The van der Waals surface area contributed by atoms with Crippen LogP contribution in [0, 0.1) is 0 Å². The molecule has 0 radical (unpaired) electrons. The Labute approximate surface area is 162 Å². The average Bonchev–Trinajstić information content (AvgIpc) is 3.13. The first-order chi connectivity index (χ1) is 13.1. The van der Waals surface area contributed by atoms with Crippen molar-refractivity contribution in [1.29, 1.82) is 0 Å². The second kappa shape index (κ2) is 6.21. The van der Waals surface area contributed by atoms with Crippen molar-refractivity contribution in [3.8, 4) is 0 Å². The van der Waals surface area contributed by atoms with Gasteiger partial charge in [0.1, 0.15) is 0 Å². The van der Waals surface area contributed by atoms with E-state index < -0.39 is 8.07 Å². The molecule has 5 rings (SSSR count). The van der Waals surface area contributed by atoms with Crippen molar-refractivity contribution in [2.75, 3.05) is 0 Å². The van der Waals surface area contributed by atoms with Gasteiger partial charge in [0.25, 0.3) is 0 Å². The molecule has 1 aliphatic carbocycles. The van der Waals surface area contributed by atoms with Gasteiger partial charge in [0.05, 0.1) is 8.07 Å². The van der Waals surface area contributed by atoms with Gasteiger partial charge in [-0.2, -0.15) is 0 Å². The van der Waals surface area contributed by atoms with Gasteiger partial charge in [0.2, 0.25) is 0 Å². The van der Waals surface area contributed by atoms with Crippen LogP contribution < -0.4 is 0 Å². The van der Waals surface area contributed by atoms with Crippen LogP contribution in [0.25, 0.3) is 27.6 Å². The second-order valence-corrected chi connectivity index (χ2v) is 13.4. The van der Waals surface area contributed by atoms with Gasteiger partial charge in [0.15, 0.2) is 0 Å². The molecule has 0 fully saturated rings. The quantitative estimate of drug-likeness (QED) is 0.268. The molecule has 132 valence electrons. The molecule has 0 aliphatic heterocycles.